The third kappa shape index (κ3) is 5.94. The van der Waals surface area contributed by atoms with Gasteiger partial charge in [0.15, 0.2) is 11.5 Å². The molecule has 2 N–H and O–H groups in total. The van der Waals surface area contributed by atoms with Gasteiger partial charge in [-0.15, -0.1) is 0 Å². The van der Waals surface area contributed by atoms with Crippen LogP contribution in [0.3, 0.4) is 0 Å². The lowest BCUT2D eigenvalue weighted by Gasteiger charge is -2.06. The Morgan fingerprint density at radius 2 is 1.48 bits per heavy atom. The van der Waals surface area contributed by atoms with E-state index in [0.717, 1.165) is 0 Å². The Morgan fingerprint density at radius 1 is 0.880 bits per heavy atom. The second-order valence-electron chi connectivity index (χ2n) is 4.47. The molecule has 0 aliphatic rings. The monoisotopic (exact) mass is 398 g/mol. The van der Waals surface area contributed by atoms with Crippen LogP contribution in [0.15, 0.2) is 48.5 Å². The normalized spacial score (nSPS) is 9.76. The summed E-state index contributed by atoms with van der Waals surface area (Å²) in [5.74, 6) is 0.940. The molecular formula is C16H13Cl3N4O2. The SMILES string of the molecule is COc1ccccc1O.Clc1nc(Cl)nc(Nc2ccccc2Cl)n1. The number of methoxy groups -OCH3 is 1. The number of ether oxygens (including phenoxy) is 1. The summed E-state index contributed by atoms with van der Waals surface area (Å²) in [6, 6.07) is 14.0. The Balaban J connectivity index is 0.000000212. The first-order valence-electron chi connectivity index (χ1n) is 6.90. The predicted molar refractivity (Wildman–Crippen MR) is 99.2 cm³/mol. The molecule has 0 atom stereocenters. The number of nitrogens with zero attached hydrogens (tertiary/aromatic N) is 3. The molecule has 0 spiro atoms. The molecule has 1 aromatic heterocycles. The molecule has 0 fully saturated rings. The molecule has 6 nitrogen and oxygen atoms in total. The number of hydrogen-bond acceptors (Lipinski definition) is 6. The molecular weight excluding hydrogens is 387 g/mol. The van der Waals surface area contributed by atoms with E-state index in [1.807, 2.05) is 12.1 Å². The lowest BCUT2D eigenvalue weighted by Crippen LogP contribution is -1.99. The van der Waals surface area contributed by atoms with E-state index < -0.39 is 0 Å². The van der Waals surface area contributed by atoms with Crippen molar-refractivity contribution in [1.82, 2.24) is 15.0 Å². The van der Waals surface area contributed by atoms with Gasteiger partial charge in [0.25, 0.3) is 0 Å². The Kier molecular flexibility index (Phi) is 7.06. The van der Waals surface area contributed by atoms with Crippen molar-refractivity contribution in [1.29, 1.82) is 0 Å². The molecule has 0 amide bonds. The van der Waals surface area contributed by atoms with E-state index in [1.165, 1.54) is 7.11 Å². The first-order chi connectivity index (χ1) is 12.0. The molecule has 1 heterocycles. The van der Waals surface area contributed by atoms with E-state index in [0.29, 0.717) is 16.5 Å². The number of halogens is 3. The van der Waals surface area contributed by atoms with Crippen LogP contribution in [-0.4, -0.2) is 27.2 Å². The van der Waals surface area contributed by atoms with Gasteiger partial charge in [0, 0.05) is 0 Å². The molecule has 2 aromatic carbocycles. The van der Waals surface area contributed by atoms with Crippen molar-refractivity contribution in [3.05, 3.63) is 64.1 Å². The van der Waals surface area contributed by atoms with Crippen molar-refractivity contribution in [2.75, 3.05) is 12.4 Å². The maximum absolute atomic E-state index is 8.99. The Labute approximate surface area is 159 Å². The van der Waals surface area contributed by atoms with Gasteiger partial charge in [0.1, 0.15) is 0 Å². The van der Waals surface area contributed by atoms with Gasteiger partial charge >= 0.3 is 0 Å². The van der Waals surface area contributed by atoms with E-state index >= 15 is 0 Å². The average Bonchev–Trinajstić information content (AvgIpc) is 2.57. The van der Waals surface area contributed by atoms with Gasteiger partial charge < -0.3 is 15.2 Å². The topological polar surface area (TPSA) is 80.2 Å². The van der Waals surface area contributed by atoms with Gasteiger partial charge in [-0.3, -0.25) is 0 Å². The van der Waals surface area contributed by atoms with E-state index in [2.05, 4.69) is 20.3 Å². The Morgan fingerprint density at radius 3 is 2.04 bits per heavy atom. The summed E-state index contributed by atoms with van der Waals surface area (Å²) < 4.78 is 4.79. The molecule has 3 aromatic rings. The number of hydrogen-bond donors (Lipinski definition) is 2. The van der Waals surface area contributed by atoms with E-state index in [9.17, 15) is 0 Å². The lowest BCUT2D eigenvalue weighted by atomic mass is 10.3. The van der Waals surface area contributed by atoms with Crippen molar-refractivity contribution in [3.63, 3.8) is 0 Å². The van der Waals surface area contributed by atoms with Crippen molar-refractivity contribution in [2.24, 2.45) is 0 Å². The van der Waals surface area contributed by atoms with Gasteiger partial charge in [-0.1, -0.05) is 35.9 Å². The minimum Gasteiger partial charge on any atom is -0.504 e. The Bertz CT molecular complexity index is 829. The summed E-state index contributed by atoms with van der Waals surface area (Å²) in [7, 11) is 1.52. The fourth-order valence-electron chi connectivity index (χ4n) is 1.69. The summed E-state index contributed by atoms with van der Waals surface area (Å²) in [4.78, 5) is 11.4. The zero-order valence-corrected chi connectivity index (χ0v) is 15.2. The van der Waals surface area contributed by atoms with E-state index in [1.54, 1.807) is 36.4 Å². The van der Waals surface area contributed by atoms with Gasteiger partial charge in [-0.05, 0) is 47.5 Å². The van der Waals surface area contributed by atoms with Gasteiger partial charge in [0.05, 0.1) is 17.8 Å². The second kappa shape index (κ2) is 9.27. The van der Waals surface area contributed by atoms with E-state index in [4.69, 9.17) is 44.6 Å². The van der Waals surface area contributed by atoms with Crippen molar-refractivity contribution in [2.45, 2.75) is 0 Å². The molecule has 0 radical (unpaired) electrons. The first-order valence-corrected chi connectivity index (χ1v) is 8.03. The third-order valence-corrected chi connectivity index (χ3v) is 3.45. The first kappa shape index (κ1) is 19.1. The highest BCUT2D eigenvalue weighted by Crippen LogP contribution is 2.24. The highest BCUT2D eigenvalue weighted by atomic mass is 35.5. The third-order valence-electron chi connectivity index (χ3n) is 2.79. The van der Waals surface area contributed by atoms with Crippen LogP contribution in [0, 0.1) is 0 Å². The summed E-state index contributed by atoms with van der Waals surface area (Å²) in [5, 5.41) is 12.5. The van der Waals surface area contributed by atoms with E-state index in [-0.39, 0.29) is 22.3 Å². The molecule has 3 rings (SSSR count). The number of aromatic nitrogens is 3. The van der Waals surface area contributed by atoms with Crippen LogP contribution in [0.5, 0.6) is 11.5 Å². The number of rotatable bonds is 3. The minimum atomic E-state index is 0.0227. The maximum atomic E-state index is 8.99. The molecule has 0 aliphatic carbocycles. The summed E-state index contributed by atoms with van der Waals surface area (Å²) >= 11 is 17.2. The molecule has 0 saturated heterocycles. The van der Waals surface area contributed by atoms with Gasteiger partial charge in [-0.2, -0.15) is 15.0 Å². The zero-order chi connectivity index (χ0) is 18.2. The minimum absolute atomic E-state index is 0.0227. The maximum Gasteiger partial charge on any atom is 0.232 e. The van der Waals surface area contributed by atoms with Crippen molar-refractivity contribution >= 4 is 46.4 Å². The van der Waals surface area contributed by atoms with Crippen LogP contribution >= 0.6 is 34.8 Å². The van der Waals surface area contributed by atoms with Crippen LogP contribution in [0.4, 0.5) is 11.6 Å². The van der Waals surface area contributed by atoms with Crippen LogP contribution < -0.4 is 10.1 Å². The standard InChI is InChI=1S/C9H5Cl3N4.C7H8O2/c10-5-3-1-2-4-6(5)13-9-15-7(11)14-8(12)16-9;1-9-7-5-3-2-4-6(7)8/h1-4H,(H,13,14,15,16);2-5,8H,1H3. The number of benzene rings is 2. The fourth-order valence-corrected chi connectivity index (χ4v) is 2.24. The number of phenols is 1. The summed E-state index contributed by atoms with van der Waals surface area (Å²) in [5.41, 5.74) is 0.669. The quantitative estimate of drug-likeness (QED) is 0.647. The van der Waals surface area contributed by atoms with Crippen molar-refractivity contribution in [3.8, 4) is 11.5 Å². The van der Waals surface area contributed by atoms with Crippen LogP contribution in [0.2, 0.25) is 15.6 Å². The largest absolute Gasteiger partial charge is 0.504 e. The smallest absolute Gasteiger partial charge is 0.232 e. The molecule has 9 heteroatoms. The lowest BCUT2D eigenvalue weighted by molar-refractivity contribution is 0.373. The number of phenolic OH excluding ortho intramolecular Hbond substituents is 1. The van der Waals surface area contributed by atoms with Crippen LogP contribution in [0.25, 0.3) is 0 Å². The van der Waals surface area contributed by atoms with Crippen LogP contribution in [0.1, 0.15) is 0 Å². The zero-order valence-electron chi connectivity index (χ0n) is 12.9. The highest BCUT2D eigenvalue weighted by Gasteiger charge is 2.05. The number of aromatic hydroxyl groups is 1. The van der Waals surface area contributed by atoms with Gasteiger partial charge in [0.2, 0.25) is 16.5 Å². The average molecular weight is 400 g/mol. The molecule has 0 unspecified atom stereocenters. The number of anilines is 2. The van der Waals surface area contributed by atoms with Crippen LogP contribution in [-0.2, 0) is 0 Å². The predicted octanol–water partition coefficient (Wildman–Crippen LogP) is 4.98. The molecule has 0 saturated carbocycles. The molecule has 130 valence electrons. The van der Waals surface area contributed by atoms with Gasteiger partial charge in [-0.25, -0.2) is 0 Å². The summed E-state index contributed by atoms with van der Waals surface area (Å²) in [6.45, 7) is 0. The molecule has 0 aliphatic heterocycles. The highest BCUT2D eigenvalue weighted by molar-refractivity contribution is 6.33. The number of nitrogens with one attached hydrogen (secondary N) is 1. The number of para-hydroxylation sites is 3. The fraction of sp³-hybridized carbons (Fsp3) is 0.0625. The summed E-state index contributed by atoms with van der Waals surface area (Å²) in [6.07, 6.45) is 0. The Hall–Kier alpha value is -2.28. The molecule has 25 heavy (non-hydrogen) atoms. The van der Waals surface area contributed by atoms with Crippen molar-refractivity contribution < 1.29 is 9.84 Å². The second-order valence-corrected chi connectivity index (χ2v) is 5.56. The molecule has 0 bridgehead atoms.